The monoisotopic (exact) mass is 492 g/mol. The van der Waals surface area contributed by atoms with E-state index in [0.29, 0.717) is 17.7 Å². The number of carbonyl (C=O) groups is 4. The van der Waals surface area contributed by atoms with Crippen molar-refractivity contribution in [2.45, 2.75) is 63.3 Å². The van der Waals surface area contributed by atoms with Crippen LogP contribution in [0.4, 0.5) is 0 Å². The summed E-state index contributed by atoms with van der Waals surface area (Å²) in [5, 5.41) is 10.6. The summed E-state index contributed by atoms with van der Waals surface area (Å²) in [7, 11) is 3.56. The van der Waals surface area contributed by atoms with Crippen LogP contribution in [0.2, 0.25) is 0 Å². The van der Waals surface area contributed by atoms with Gasteiger partial charge in [0.1, 0.15) is 6.04 Å². The molecule has 36 heavy (non-hydrogen) atoms. The number of ether oxygens (including phenoxy) is 1. The van der Waals surface area contributed by atoms with Crippen molar-refractivity contribution in [2.24, 2.45) is 5.41 Å². The lowest BCUT2D eigenvalue weighted by molar-refractivity contribution is -0.182. The molecular weight excluding hydrogens is 464 g/mol. The van der Waals surface area contributed by atoms with Crippen molar-refractivity contribution in [2.75, 3.05) is 14.2 Å². The second-order valence-corrected chi connectivity index (χ2v) is 10.3. The Morgan fingerprint density at radius 1 is 1.25 bits per heavy atom. The predicted octanol–water partition coefficient (Wildman–Crippen LogP) is 1.06. The van der Waals surface area contributed by atoms with Crippen LogP contribution in [0, 0.1) is 5.41 Å². The van der Waals surface area contributed by atoms with Gasteiger partial charge in [0.25, 0.3) is 11.8 Å². The van der Waals surface area contributed by atoms with Gasteiger partial charge in [-0.2, -0.15) is 0 Å². The summed E-state index contributed by atoms with van der Waals surface area (Å²) in [6.07, 6.45) is 6.47. The third-order valence-electron chi connectivity index (χ3n) is 8.58. The van der Waals surface area contributed by atoms with E-state index in [1.807, 2.05) is 13.1 Å². The van der Waals surface area contributed by atoms with Gasteiger partial charge in [0, 0.05) is 44.1 Å². The highest BCUT2D eigenvalue weighted by Crippen LogP contribution is 2.58. The molecule has 188 valence electrons. The van der Waals surface area contributed by atoms with Crippen LogP contribution in [0.25, 0.3) is 5.69 Å². The van der Waals surface area contributed by atoms with Crippen molar-refractivity contribution < 1.29 is 23.9 Å². The Balaban J connectivity index is 1.18. The highest BCUT2D eigenvalue weighted by Gasteiger charge is 2.60. The van der Waals surface area contributed by atoms with Crippen LogP contribution >= 0.6 is 0 Å². The molecule has 3 unspecified atom stereocenters. The van der Waals surface area contributed by atoms with E-state index in [2.05, 4.69) is 15.6 Å². The normalized spacial score (nSPS) is 26.3. The summed E-state index contributed by atoms with van der Waals surface area (Å²) in [5.41, 5.74) is 2.27. The fourth-order valence-corrected chi connectivity index (χ4v) is 6.35. The SMILES string of the molecule is COC1CC(N(C)C(=O)c2cn(-c3ccc4c(c3)CN(C3CCC(=O)NC3=O)C4=O)nn2)C12CCC2. The summed E-state index contributed by atoms with van der Waals surface area (Å²) in [5.74, 6) is -1.17. The van der Waals surface area contributed by atoms with Gasteiger partial charge in [-0.25, -0.2) is 4.68 Å². The number of amides is 4. The summed E-state index contributed by atoms with van der Waals surface area (Å²) in [6, 6.07) is 4.74. The van der Waals surface area contributed by atoms with E-state index in [-0.39, 0.29) is 53.9 Å². The number of imide groups is 1. The predicted molar refractivity (Wildman–Crippen MR) is 125 cm³/mol. The molecule has 1 aromatic heterocycles. The number of aromatic nitrogens is 3. The summed E-state index contributed by atoms with van der Waals surface area (Å²) in [6.45, 7) is 0.266. The number of rotatable bonds is 5. The minimum absolute atomic E-state index is 0.0656. The van der Waals surface area contributed by atoms with E-state index in [1.165, 1.54) is 9.58 Å². The standard InChI is InChI=1S/C25H28N6O5/c1-29(19-11-20(36-2)25(19)8-3-9-25)24(35)17-13-31(28-27-17)15-4-5-16-14(10-15)12-30(23(16)34)18-6-7-21(32)26-22(18)33/h4-5,10,13,18-20H,3,6-9,11-12H2,1-2H3,(H,26,32,33). The molecule has 3 heterocycles. The van der Waals surface area contributed by atoms with Crippen LogP contribution in [0.5, 0.6) is 0 Å². The number of benzene rings is 1. The molecule has 2 aromatic rings. The molecule has 1 aromatic carbocycles. The molecule has 2 aliphatic carbocycles. The number of methoxy groups -OCH3 is 1. The second-order valence-electron chi connectivity index (χ2n) is 10.3. The van der Waals surface area contributed by atoms with Crippen molar-refractivity contribution in [1.82, 2.24) is 30.1 Å². The number of piperidine rings is 1. The van der Waals surface area contributed by atoms with Crippen LogP contribution in [-0.4, -0.2) is 80.8 Å². The number of nitrogens with one attached hydrogen (secondary N) is 1. The molecule has 1 saturated heterocycles. The highest BCUT2D eigenvalue weighted by molar-refractivity contribution is 6.05. The lowest BCUT2D eigenvalue weighted by Gasteiger charge is -2.62. The summed E-state index contributed by atoms with van der Waals surface area (Å²) in [4.78, 5) is 53.2. The maximum absolute atomic E-state index is 13.2. The van der Waals surface area contributed by atoms with Gasteiger partial charge in [-0.3, -0.25) is 24.5 Å². The Morgan fingerprint density at radius 3 is 2.75 bits per heavy atom. The molecule has 3 atom stereocenters. The number of nitrogens with zero attached hydrogens (tertiary/aromatic N) is 5. The van der Waals surface area contributed by atoms with E-state index in [0.717, 1.165) is 31.2 Å². The number of hydrogen-bond donors (Lipinski definition) is 1. The van der Waals surface area contributed by atoms with Gasteiger partial charge in [-0.1, -0.05) is 11.6 Å². The molecule has 6 rings (SSSR count). The zero-order valence-corrected chi connectivity index (χ0v) is 20.3. The number of fused-ring (bicyclic) bond motifs is 1. The summed E-state index contributed by atoms with van der Waals surface area (Å²) >= 11 is 0. The quantitative estimate of drug-likeness (QED) is 0.619. The maximum atomic E-state index is 13.2. The Labute approximate surface area is 207 Å². The van der Waals surface area contributed by atoms with Crippen molar-refractivity contribution in [3.63, 3.8) is 0 Å². The van der Waals surface area contributed by atoms with Gasteiger partial charge < -0.3 is 14.5 Å². The zero-order valence-electron chi connectivity index (χ0n) is 20.3. The largest absolute Gasteiger partial charge is 0.381 e. The van der Waals surface area contributed by atoms with Gasteiger partial charge in [0.05, 0.1) is 18.0 Å². The topological polar surface area (TPSA) is 127 Å². The van der Waals surface area contributed by atoms with Crippen LogP contribution < -0.4 is 5.32 Å². The average molecular weight is 493 g/mol. The number of hydrogen-bond acceptors (Lipinski definition) is 7. The van der Waals surface area contributed by atoms with Gasteiger partial charge in [-0.15, -0.1) is 5.10 Å². The first kappa shape index (κ1) is 22.8. The first-order valence-corrected chi connectivity index (χ1v) is 12.3. The van der Waals surface area contributed by atoms with E-state index >= 15 is 0 Å². The van der Waals surface area contributed by atoms with Gasteiger partial charge in [0.15, 0.2) is 5.69 Å². The van der Waals surface area contributed by atoms with E-state index in [9.17, 15) is 19.2 Å². The molecular formula is C25H28N6O5. The molecule has 3 fully saturated rings. The minimum Gasteiger partial charge on any atom is -0.381 e. The molecule has 2 saturated carbocycles. The van der Waals surface area contributed by atoms with Gasteiger partial charge >= 0.3 is 0 Å². The van der Waals surface area contributed by atoms with Crippen LogP contribution in [0.15, 0.2) is 24.4 Å². The van der Waals surface area contributed by atoms with Crippen molar-refractivity contribution >= 4 is 23.6 Å². The van der Waals surface area contributed by atoms with Gasteiger partial charge in [0.2, 0.25) is 11.8 Å². The van der Waals surface area contributed by atoms with E-state index < -0.39 is 11.9 Å². The van der Waals surface area contributed by atoms with Gasteiger partial charge in [-0.05, 0) is 49.4 Å². The van der Waals surface area contributed by atoms with Crippen molar-refractivity contribution in [3.05, 3.63) is 41.2 Å². The molecule has 4 aliphatic rings. The fraction of sp³-hybridized carbons (Fsp3) is 0.520. The third kappa shape index (κ3) is 3.29. The van der Waals surface area contributed by atoms with Crippen LogP contribution in [-0.2, 0) is 20.9 Å². The van der Waals surface area contributed by atoms with Crippen molar-refractivity contribution in [1.29, 1.82) is 0 Å². The lowest BCUT2D eigenvalue weighted by atomic mass is 9.50. The first-order valence-electron chi connectivity index (χ1n) is 12.3. The van der Waals surface area contributed by atoms with E-state index in [1.54, 1.807) is 30.3 Å². The third-order valence-corrected chi connectivity index (χ3v) is 8.58. The average Bonchev–Trinajstić information content (AvgIpc) is 3.42. The molecule has 0 radical (unpaired) electrons. The number of carbonyl (C=O) groups excluding carboxylic acids is 4. The Hall–Kier alpha value is -3.60. The Kier molecular flexibility index (Phi) is 5.22. The molecule has 4 amide bonds. The molecule has 1 N–H and O–H groups in total. The molecule has 11 heteroatoms. The highest BCUT2D eigenvalue weighted by atomic mass is 16.5. The fourth-order valence-electron chi connectivity index (χ4n) is 6.35. The zero-order chi connectivity index (χ0) is 25.2. The summed E-state index contributed by atoms with van der Waals surface area (Å²) < 4.78 is 7.16. The molecule has 11 nitrogen and oxygen atoms in total. The van der Waals surface area contributed by atoms with Crippen molar-refractivity contribution in [3.8, 4) is 5.69 Å². The Bertz CT molecular complexity index is 1280. The molecule has 2 aliphatic heterocycles. The molecule has 1 spiro atoms. The van der Waals surface area contributed by atoms with Crippen LogP contribution in [0.3, 0.4) is 0 Å². The second kappa shape index (κ2) is 8.22. The minimum atomic E-state index is -0.666. The molecule has 0 bridgehead atoms. The Morgan fingerprint density at radius 2 is 2.06 bits per heavy atom. The smallest absolute Gasteiger partial charge is 0.276 e. The maximum Gasteiger partial charge on any atom is 0.276 e. The first-order chi connectivity index (χ1) is 17.3. The lowest BCUT2D eigenvalue weighted by Crippen LogP contribution is -2.67. The van der Waals surface area contributed by atoms with Crippen LogP contribution in [0.1, 0.15) is 64.9 Å². The van der Waals surface area contributed by atoms with E-state index in [4.69, 9.17) is 4.74 Å².